The fourth-order valence-corrected chi connectivity index (χ4v) is 3.03. The Kier molecular flexibility index (Phi) is 3.39. The minimum Gasteiger partial charge on any atom is -0.311 e. The van der Waals surface area contributed by atoms with E-state index in [9.17, 15) is 0 Å². The number of rotatable bonds is 4. The quantitative estimate of drug-likeness (QED) is 0.871. The highest BCUT2D eigenvalue weighted by atomic mass is 15.3. The van der Waals surface area contributed by atoms with Gasteiger partial charge in [-0.05, 0) is 38.2 Å². The molecule has 0 spiro atoms. The predicted octanol–water partition coefficient (Wildman–Crippen LogP) is 1.26. The summed E-state index contributed by atoms with van der Waals surface area (Å²) in [5.74, 6) is 0.948. The van der Waals surface area contributed by atoms with Gasteiger partial charge < -0.3 is 5.32 Å². The predicted molar refractivity (Wildman–Crippen MR) is 72.5 cm³/mol. The first-order valence-corrected chi connectivity index (χ1v) is 7.19. The van der Waals surface area contributed by atoms with Crippen LogP contribution in [0.2, 0.25) is 0 Å². The Labute approximate surface area is 109 Å². The molecule has 1 aromatic heterocycles. The fourth-order valence-electron chi connectivity index (χ4n) is 3.03. The van der Waals surface area contributed by atoms with Crippen LogP contribution in [-0.2, 0) is 6.54 Å². The molecule has 2 fully saturated rings. The standard InChI is InChI=1S/C14H24N4/c1-11-7-16-18(9-11)6-5-17-10-12(2)15-8-14(17)13-3-4-13/h7,9,12-15H,3-6,8,10H2,1-2H3. The van der Waals surface area contributed by atoms with Crippen LogP contribution in [0.1, 0.15) is 25.3 Å². The van der Waals surface area contributed by atoms with Crippen molar-refractivity contribution in [2.75, 3.05) is 19.6 Å². The molecule has 2 atom stereocenters. The number of aromatic nitrogens is 2. The number of nitrogens with zero attached hydrogens (tertiary/aromatic N) is 3. The van der Waals surface area contributed by atoms with Crippen LogP contribution in [0.25, 0.3) is 0 Å². The Morgan fingerprint density at radius 2 is 2.22 bits per heavy atom. The summed E-state index contributed by atoms with van der Waals surface area (Å²) in [5.41, 5.74) is 1.25. The number of hydrogen-bond acceptors (Lipinski definition) is 3. The van der Waals surface area contributed by atoms with Gasteiger partial charge in [-0.1, -0.05) is 0 Å². The van der Waals surface area contributed by atoms with Crippen molar-refractivity contribution in [3.05, 3.63) is 18.0 Å². The molecule has 0 aromatic carbocycles. The van der Waals surface area contributed by atoms with Crippen molar-refractivity contribution in [2.24, 2.45) is 5.92 Å². The van der Waals surface area contributed by atoms with Crippen molar-refractivity contribution in [1.29, 1.82) is 0 Å². The van der Waals surface area contributed by atoms with Crippen molar-refractivity contribution in [2.45, 2.75) is 45.3 Å². The monoisotopic (exact) mass is 248 g/mol. The maximum Gasteiger partial charge on any atom is 0.0536 e. The fraction of sp³-hybridized carbons (Fsp3) is 0.786. The van der Waals surface area contributed by atoms with Gasteiger partial charge in [0, 0.05) is 37.9 Å². The lowest BCUT2D eigenvalue weighted by atomic mass is 10.1. The number of aryl methyl sites for hydroxylation is 1. The van der Waals surface area contributed by atoms with E-state index < -0.39 is 0 Å². The van der Waals surface area contributed by atoms with Crippen LogP contribution in [0, 0.1) is 12.8 Å². The normalized spacial score (nSPS) is 29.7. The maximum atomic E-state index is 4.38. The largest absolute Gasteiger partial charge is 0.311 e. The van der Waals surface area contributed by atoms with Crippen LogP contribution in [0.3, 0.4) is 0 Å². The Morgan fingerprint density at radius 1 is 1.39 bits per heavy atom. The molecule has 1 saturated carbocycles. The molecule has 2 aliphatic rings. The van der Waals surface area contributed by atoms with Gasteiger partial charge in [-0.25, -0.2) is 0 Å². The smallest absolute Gasteiger partial charge is 0.0536 e. The molecule has 0 amide bonds. The zero-order valence-corrected chi connectivity index (χ0v) is 11.5. The molecule has 2 heterocycles. The van der Waals surface area contributed by atoms with Crippen molar-refractivity contribution in [3.63, 3.8) is 0 Å². The second kappa shape index (κ2) is 5.02. The summed E-state index contributed by atoms with van der Waals surface area (Å²) in [6.45, 7) is 8.89. The summed E-state index contributed by atoms with van der Waals surface area (Å²) in [6, 6.07) is 1.39. The topological polar surface area (TPSA) is 33.1 Å². The molecule has 2 unspecified atom stereocenters. The average Bonchev–Trinajstić information content (AvgIpc) is 3.10. The van der Waals surface area contributed by atoms with Gasteiger partial charge in [-0.3, -0.25) is 9.58 Å². The van der Waals surface area contributed by atoms with E-state index in [4.69, 9.17) is 0 Å². The Bertz CT molecular complexity index is 396. The zero-order chi connectivity index (χ0) is 12.5. The van der Waals surface area contributed by atoms with E-state index in [1.807, 2.05) is 6.20 Å². The van der Waals surface area contributed by atoms with Crippen LogP contribution in [0.5, 0.6) is 0 Å². The highest BCUT2D eigenvalue weighted by Gasteiger charge is 2.37. The van der Waals surface area contributed by atoms with E-state index in [0.717, 1.165) is 25.0 Å². The van der Waals surface area contributed by atoms with Crippen molar-refractivity contribution in [1.82, 2.24) is 20.0 Å². The Balaban J connectivity index is 1.58. The van der Waals surface area contributed by atoms with Crippen LogP contribution in [0.15, 0.2) is 12.4 Å². The average molecular weight is 248 g/mol. The zero-order valence-electron chi connectivity index (χ0n) is 11.5. The van der Waals surface area contributed by atoms with Gasteiger partial charge in [0.05, 0.1) is 12.7 Å². The molecule has 18 heavy (non-hydrogen) atoms. The van der Waals surface area contributed by atoms with Gasteiger partial charge in [-0.2, -0.15) is 5.10 Å². The van der Waals surface area contributed by atoms with E-state index in [0.29, 0.717) is 6.04 Å². The summed E-state index contributed by atoms with van der Waals surface area (Å²) in [4.78, 5) is 2.68. The van der Waals surface area contributed by atoms with Gasteiger partial charge in [0.2, 0.25) is 0 Å². The third-order valence-electron chi connectivity index (χ3n) is 4.20. The molecular weight excluding hydrogens is 224 g/mol. The van der Waals surface area contributed by atoms with Gasteiger partial charge in [0.15, 0.2) is 0 Å². The summed E-state index contributed by atoms with van der Waals surface area (Å²) in [5, 5.41) is 8.00. The second-order valence-corrected chi connectivity index (χ2v) is 5.99. The SMILES string of the molecule is Cc1cnn(CCN2CC(C)NCC2C2CC2)c1. The number of piperazine rings is 1. The molecule has 1 aliphatic heterocycles. The molecule has 4 nitrogen and oxygen atoms in total. The van der Waals surface area contributed by atoms with Gasteiger partial charge in [0.1, 0.15) is 0 Å². The van der Waals surface area contributed by atoms with Crippen LogP contribution in [-0.4, -0.2) is 46.4 Å². The molecule has 3 rings (SSSR count). The molecule has 100 valence electrons. The van der Waals surface area contributed by atoms with E-state index in [2.05, 4.69) is 40.0 Å². The minimum absolute atomic E-state index is 0.624. The van der Waals surface area contributed by atoms with E-state index in [1.54, 1.807) is 0 Å². The third kappa shape index (κ3) is 2.75. The summed E-state index contributed by atoms with van der Waals surface area (Å²) < 4.78 is 2.08. The molecule has 1 N–H and O–H groups in total. The van der Waals surface area contributed by atoms with Crippen LogP contribution >= 0.6 is 0 Å². The highest BCUT2D eigenvalue weighted by Crippen LogP contribution is 2.36. The van der Waals surface area contributed by atoms with E-state index >= 15 is 0 Å². The van der Waals surface area contributed by atoms with Crippen molar-refractivity contribution < 1.29 is 0 Å². The van der Waals surface area contributed by atoms with Crippen LogP contribution in [0.4, 0.5) is 0 Å². The van der Waals surface area contributed by atoms with Gasteiger partial charge in [0.25, 0.3) is 0 Å². The molecule has 1 aliphatic carbocycles. The summed E-state index contributed by atoms with van der Waals surface area (Å²) in [7, 11) is 0. The molecule has 1 aromatic rings. The van der Waals surface area contributed by atoms with Crippen molar-refractivity contribution >= 4 is 0 Å². The van der Waals surface area contributed by atoms with Crippen LogP contribution < -0.4 is 5.32 Å². The number of hydrogen-bond donors (Lipinski definition) is 1. The summed E-state index contributed by atoms with van der Waals surface area (Å²) in [6.07, 6.45) is 6.94. The first-order chi connectivity index (χ1) is 8.72. The molecule has 1 saturated heterocycles. The van der Waals surface area contributed by atoms with Gasteiger partial charge in [-0.15, -0.1) is 0 Å². The molecular formula is C14H24N4. The lowest BCUT2D eigenvalue weighted by Crippen LogP contribution is -2.56. The highest BCUT2D eigenvalue weighted by molar-refractivity contribution is 4.99. The van der Waals surface area contributed by atoms with E-state index in [-0.39, 0.29) is 0 Å². The molecule has 0 radical (unpaired) electrons. The first-order valence-electron chi connectivity index (χ1n) is 7.19. The lowest BCUT2D eigenvalue weighted by Gasteiger charge is -2.39. The lowest BCUT2D eigenvalue weighted by molar-refractivity contribution is 0.114. The Hall–Kier alpha value is -0.870. The Morgan fingerprint density at radius 3 is 2.89 bits per heavy atom. The molecule has 4 heteroatoms. The van der Waals surface area contributed by atoms with Crippen molar-refractivity contribution in [3.8, 4) is 0 Å². The second-order valence-electron chi connectivity index (χ2n) is 5.99. The van der Waals surface area contributed by atoms with Gasteiger partial charge >= 0.3 is 0 Å². The maximum absolute atomic E-state index is 4.38. The third-order valence-corrected chi connectivity index (χ3v) is 4.20. The summed E-state index contributed by atoms with van der Waals surface area (Å²) >= 11 is 0. The van der Waals surface area contributed by atoms with E-state index in [1.165, 1.54) is 31.5 Å². The minimum atomic E-state index is 0.624. The molecule has 0 bridgehead atoms. The number of nitrogens with one attached hydrogen (secondary N) is 1. The first kappa shape index (κ1) is 12.2.